The fourth-order valence-electron chi connectivity index (χ4n) is 3.11. The summed E-state index contributed by atoms with van der Waals surface area (Å²) in [5.74, 6) is -2.53. The van der Waals surface area contributed by atoms with Gasteiger partial charge in [-0.15, -0.1) is 0 Å². The molecule has 0 saturated carbocycles. The summed E-state index contributed by atoms with van der Waals surface area (Å²) >= 11 is 0. The van der Waals surface area contributed by atoms with Crippen molar-refractivity contribution in [2.45, 2.75) is 33.1 Å². The van der Waals surface area contributed by atoms with Crippen LogP contribution >= 0.6 is 0 Å². The summed E-state index contributed by atoms with van der Waals surface area (Å²) in [7, 11) is 0. The maximum Gasteiger partial charge on any atom is 0.310 e. The Hall–Kier alpha value is -2.17. The van der Waals surface area contributed by atoms with Crippen LogP contribution in [0.3, 0.4) is 0 Å². The van der Waals surface area contributed by atoms with Crippen molar-refractivity contribution < 1.29 is 19.5 Å². The minimum atomic E-state index is -1.17. The van der Waals surface area contributed by atoms with Gasteiger partial charge >= 0.3 is 5.97 Å². The molecule has 1 aliphatic heterocycles. The van der Waals surface area contributed by atoms with E-state index in [1.165, 1.54) is 0 Å². The molecule has 0 aromatic heterocycles. The second-order valence-electron chi connectivity index (χ2n) is 5.33. The molecule has 2 amide bonds. The Morgan fingerprint density at radius 1 is 1.24 bits per heavy atom. The quantitative estimate of drug-likeness (QED) is 0.845. The number of imide groups is 1. The number of carboxylic acids is 1. The molecule has 1 fully saturated rings. The molecule has 5 heteroatoms. The molecule has 1 atom stereocenters. The van der Waals surface area contributed by atoms with E-state index in [2.05, 4.69) is 0 Å². The predicted molar refractivity (Wildman–Crippen MR) is 77.7 cm³/mol. The molecule has 1 saturated heterocycles. The maximum atomic E-state index is 12.6. The number of anilines is 1. The van der Waals surface area contributed by atoms with Gasteiger partial charge in [-0.3, -0.25) is 19.3 Å². The molecule has 0 bridgehead atoms. The highest BCUT2D eigenvalue weighted by atomic mass is 16.4. The van der Waals surface area contributed by atoms with Gasteiger partial charge in [0, 0.05) is 6.42 Å². The van der Waals surface area contributed by atoms with Crippen LogP contribution in [0.2, 0.25) is 0 Å². The topological polar surface area (TPSA) is 74.7 Å². The van der Waals surface area contributed by atoms with Crippen LogP contribution in [0.25, 0.3) is 0 Å². The van der Waals surface area contributed by atoms with E-state index in [-0.39, 0.29) is 12.3 Å². The summed E-state index contributed by atoms with van der Waals surface area (Å²) in [6.45, 7) is 3.50. The van der Waals surface area contributed by atoms with E-state index >= 15 is 0 Å². The van der Waals surface area contributed by atoms with Gasteiger partial charge in [0.05, 0.1) is 17.0 Å². The normalized spacial score (nSPS) is 19.1. The number of amides is 2. The molecule has 112 valence electrons. The zero-order valence-corrected chi connectivity index (χ0v) is 12.2. The maximum absolute atomic E-state index is 12.6. The number of aliphatic carboxylic acids is 1. The molecule has 21 heavy (non-hydrogen) atoms. The number of carbonyl (C=O) groups is 3. The summed E-state index contributed by atoms with van der Waals surface area (Å²) < 4.78 is 0. The Bertz CT molecular complexity index is 563. The van der Waals surface area contributed by atoms with Crippen molar-refractivity contribution in [2.24, 2.45) is 11.3 Å². The average molecular weight is 289 g/mol. The van der Waals surface area contributed by atoms with E-state index in [1.807, 2.05) is 0 Å². The number of rotatable bonds is 5. The highest BCUT2D eigenvalue weighted by Gasteiger charge is 2.53. The zero-order chi connectivity index (χ0) is 15.6. The monoisotopic (exact) mass is 289 g/mol. The first-order chi connectivity index (χ1) is 9.97. The lowest BCUT2D eigenvalue weighted by molar-refractivity contribution is -0.156. The average Bonchev–Trinajstić information content (AvgIpc) is 2.77. The van der Waals surface area contributed by atoms with E-state index < -0.39 is 23.2 Å². The highest BCUT2D eigenvalue weighted by Crippen LogP contribution is 2.43. The van der Waals surface area contributed by atoms with E-state index in [4.69, 9.17) is 0 Å². The smallest absolute Gasteiger partial charge is 0.310 e. The number of benzene rings is 1. The Morgan fingerprint density at radius 2 is 1.81 bits per heavy atom. The summed E-state index contributed by atoms with van der Waals surface area (Å²) in [4.78, 5) is 37.6. The first kappa shape index (κ1) is 15.2. The van der Waals surface area contributed by atoms with E-state index in [9.17, 15) is 19.5 Å². The van der Waals surface area contributed by atoms with Crippen molar-refractivity contribution in [3.05, 3.63) is 30.3 Å². The molecule has 1 N–H and O–H groups in total. The molecular weight excluding hydrogens is 270 g/mol. The minimum absolute atomic E-state index is 0.0400. The van der Waals surface area contributed by atoms with Crippen molar-refractivity contribution >= 4 is 23.5 Å². The van der Waals surface area contributed by atoms with Crippen molar-refractivity contribution in [1.82, 2.24) is 0 Å². The number of carbonyl (C=O) groups excluding carboxylic acids is 2. The van der Waals surface area contributed by atoms with Gasteiger partial charge in [0.1, 0.15) is 0 Å². The minimum Gasteiger partial charge on any atom is -0.481 e. The van der Waals surface area contributed by atoms with Gasteiger partial charge in [-0.25, -0.2) is 0 Å². The van der Waals surface area contributed by atoms with Gasteiger partial charge in [-0.1, -0.05) is 32.0 Å². The third-order valence-electron chi connectivity index (χ3n) is 4.52. The lowest BCUT2D eigenvalue weighted by Gasteiger charge is -2.31. The molecule has 0 aliphatic carbocycles. The number of para-hydroxylation sites is 1. The molecule has 0 spiro atoms. The molecule has 0 unspecified atom stereocenters. The zero-order valence-electron chi connectivity index (χ0n) is 12.2. The Kier molecular flexibility index (Phi) is 4.11. The molecule has 0 radical (unpaired) electrons. The van der Waals surface area contributed by atoms with Gasteiger partial charge in [0.15, 0.2) is 0 Å². The number of nitrogens with zero attached hydrogens (tertiary/aromatic N) is 1. The van der Waals surface area contributed by atoms with Crippen LogP contribution < -0.4 is 4.90 Å². The van der Waals surface area contributed by atoms with Crippen molar-refractivity contribution in [3.63, 3.8) is 0 Å². The molecule has 5 nitrogen and oxygen atoms in total. The Labute approximate surface area is 123 Å². The molecule has 1 aliphatic rings. The largest absolute Gasteiger partial charge is 0.481 e. The van der Waals surface area contributed by atoms with Crippen LogP contribution in [-0.2, 0) is 14.4 Å². The van der Waals surface area contributed by atoms with Gasteiger partial charge in [-0.05, 0) is 25.0 Å². The number of carboxylic acid groups (broad SMARTS) is 1. The molecule has 1 heterocycles. The molecule has 2 rings (SSSR count). The molecule has 1 aromatic rings. The first-order valence-corrected chi connectivity index (χ1v) is 7.13. The van der Waals surface area contributed by atoms with Crippen molar-refractivity contribution in [1.29, 1.82) is 0 Å². The van der Waals surface area contributed by atoms with Crippen molar-refractivity contribution in [2.75, 3.05) is 4.90 Å². The fraction of sp³-hybridized carbons (Fsp3) is 0.438. The lowest BCUT2D eigenvalue weighted by atomic mass is 9.70. The second kappa shape index (κ2) is 5.68. The number of hydrogen-bond donors (Lipinski definition) is 1. The molecular formula is C16H19NO4. The summed E-state index contributed by atoms with van der Waals surface area (Å²) in [6, 6.07) is 8.64. The van der Waals surface area contributed by atoms with Crippen LogP contribution in [0.15, 0.2) is 30.3 Å². The van der Waals surface area contributed by atoms with Gasteiger partial charge < -0.3 is 5.11 Å². The van der Waals surface area contributed by atoms with Crippen LogP contribution in [0.5, 0.6) is 0 Å². The summed E-state index contributed by atoms with van der Waals surface area (Å²) in [5.41, 5.74) is -0.669. The van der Waals surface area contributed by atoms with Gasteiger partial charge in [0.25, 0.3) is 0 Å². The third-order valence-corrected chi connectivity index (χ3v) is 4.52. The SMILES string of the molecule is CCC(CC)(C(=O)O)[C@H]1CC(=O)N(c2ccccc2)C1=O. The lowest BCUT2D eigenvalue weighted by Crippen LogP contribution is -2.42. The van der Waals surface area contributed by atoms with E-state index in [0.717, 1.165) is 4.90 Å². The van der Waals surface area contributed by atoms with Crippen LogP contribution in [-0.4, -0.2) is 22.9 Å². The third kappa shape index (κ3) is 2.33. The Balaban J connectivity index is 2.40. The van der Waals surface area contributed by atoms with Crippen LogP contribution in [0.1, 0.15) is 33.1 Å². The predicted octanol–water partition coefficient (Wildman–Crippen LogP) is 2.46. The summed E-state index contributed by atoms with van der Waals surface area (Å²) in [5, 5.41) is 9.56. The first-order valence-electron chi connectivity index (χ1n) is 7.13. The number of hydrogen-bond acceptors (Lipinski definition) is 3. The standard InChI is InChI=1S/C16H19NO4/c1-3-16(4-2,15(20)21)12-10-13(18)17(14(12)19)11-8-6-5-7-9-11/h5-9,12H,3-4,10H2,1-2H3,(H,20,21)/t12-/m0/s1. The summed E-state index contributed by atoms with van der Waals surface area (Å²) in [6.07, 6.45) is 0.609. The van der Waals surface area contributed by atoms with Crippen molar-refractivity contribution in [3.8, 4) is 0 Å². The van der Waals surface area contributed by atoms with Crippen LogP contribution in [0, 0.1) is 11.3 Å². The van der Waals surface area contributed by atoms with E-state index in [1.54, 1.807) is 44.2 Å². The fourth-order valence-corrected chi connectivity index (χ4v) is 3.11. The highest BCUT2D eigenvalue weighted by molar-refractivity contribution is 6.21. The second-order valence-corrected chi connectivity index (χ2v) is 5.33. The van der Waals surface area contributed by atoms with Gasteiger partial charge in [-0.2, -0.15) is 0 Å². The Morgan fingerprint density at radius 3 is 2.29 bits per heavy atom. The molecule has 1 aromatic carbocycles. The van der Waals surface area contributed by atoms with E-state index in [0.29, 0.717) is 18.5 Å². The van der Waals surface area contributed by atoms with Crippen LogP contribution in [0.4, 0.5) is 5.69 Å². The van der Waals surface area contributed by atoms with Gasteiger partial charge in [0.2, 0.25) is 11.8 Å².